The number of hydrogen-bond acceptors (Lipinski definition) is 7. The first kappa shape index (κ1) is 23.5. The summed E-state index contributed by atoms with van der Waals surface area (Å²) in [5, 5.41) is 6.56. The first-order valence-corrected chi connectivity index (χ1v) is 12.6. The van der Waals surface area contributed by atoms with Crippen molar-refractivity contribution in [1.29, 1.82) is 0 Å². The molecule has 1 saturated heterocycles. The summed E-state index contributed by atoms with van der Waals surface area (Å²) in [5.41, 5.74) is 6.73. The summed E-state index contributed by atoms with van der Waals surface area (Å²) >= 11 is 0. The molecule has 3 N–H and O–H groups in total. The van der Waals surface area contributed by atoms with Gasteiger partial charge in [-0.3, -0.25) is 0 Å². The van der Waals surface area contributed by atoms with Crippen molar-refractivity contribution in [2.75, 3.05) is 48.8 Å². The molecule has 0 atom stereocenters. The third-order valence-corrected chi connectivity index (χ3v) is 6.53. The van der Waals surface area contributed by atoms with Crippen LogP contribution in [-0.4, -0.2) is 58.1 Å². The summed E-state index contributed by atoms with van der Waals surface area (Å²) in [4.78, 5) is 21.4. The van der Waals surface area contributed by atoms with E-state index in [0.717, 1.165) is 59.7 Å². The monoisotopic (exact) mass is 500 g/mol. The second-order valence-electron chi connectivity index (χ2n) is 9.31. The van der Waals surface area contributed by atoms with E-state index in [1.165, 1.54) is 5.69 Å². The zero-order valence-corrected chi connectivity index (χ0v) is 21.1. The number of benzene rings is 3. The molecule has 8 heteroatoms. The standard InChI is InChI=1S/C30H28N8/c1-37-16-18-38(19-17-37)26-14-12-25(13-15-26)33-29-31-20-23(21-32-29)7-6-22-8-10-24(11-9-22)34-30-35-27-4-2-3-5-28(27)36-30/h2-5,8-15,20-21H,16-19H2,1H3,(H,31,32,33)(H2,34,35,36). The fourth-order valence-corrected chi connectivity index (χ4v) is 4.34. The van der Waals surface area contributed by atoms with Crippen LogP contribution in [0.25, 0.3) is 11.0 Å². The molecule has 0 unspecified atom stereocenters. The summed E-state index contributed by atoms with van der Waals surface area (Å²) < 4.78 is 0. The van der Waals surface area contributed by atoms with Crippen LogP contribution in [0.2, 0.25) is 0 Å². The van der Waals surface area contributed by atoms with Gasteiger partial charge in [-0.1, -0.05) is 24.0 Å². The Labute approximate surface area is 221 Å². The molecule has 0 aliphatic carbocycles. The fraction of sp³-hybridized carbons (Fsp3) is 0.167. The van der Waals surface area contributed by atoms with Crippen LogP contribution >= 0.6 is 0 Å². The van der Waals surface area contributed by atoms with E-state index in [0.29, 0.717) is 11.9 Å². The number of rotatable bonds is 5. The van der Waals surface area contributed by atoms with Crippen molar-refractivity contribution in [3.63, 3.8) is 0 Å². The molecular formula is C30H28N8. The van der Waals surface area contributed by atoms with Crippen molar-refractivity contribution in [2.24, 2.45) is 0 Å². The van der Waals surface area contributed by atoms with E-state index >= 15 is 0 Å². The van der Waals surface area contributed by atoms with Crippen molar-refractivity contribution in [2.45, 2.75) is 0 Å². The number of imidazole rings is 1. The second-order valence-corrected chi connectivity index (χ2v) is 9.31. The number of aromatic nitrogens is 4. The van der Waals surface area contributed by atoms with E-state index in [2.05, 4.69) is 83.5 Å². The number of likely N-dealkylation sites (N-methyl/N-ethyl adjacent to an activating group) is 1. The molecule has 0 saturated carbocycles. The molecule has 0 radical (unpaired) electrons. The smallest absolute Gasteiger partial charge is 0.227 e. The lowest BCUT2D eigenvalue weighted by Gasteiger charge is -2.34. The SMILES string of the molecule is CN1CCN(c2ccc(Nc3ncc(C#Cc4ccc(Nc5nc6ccccc6[nH]5)cc4)cn3)cc2)CC1. The number of para-hydroxylation sites is 2. The summed E-state index contributed by atoms with van der Waals surface area (Å²) in [6.45, 7) is 4.29. The lowest BCUT2D eigenvalue weighted by atomic mass is 10.2. The zero-order chi connectivity index (χ0) is 25.7. The van der Waals surface area contributed by atoms with Gasteiger partial charge in [-0.2, -0.15) is 0 Å². The van der Waals surface area contributed by atoms with Crippen LogP contribution in [0.1, 0.15) is 11.1 Å². The Bertz CT molecular complexity index is 1540. The van der Waals surface area contributed by atoms with Crippen LogP contribution in [0.4, 0.5) is 29.0 Å². The van der Waals surface area contributed by atoms with Crippen LogP contribution in [0.15, 0.2) is 85.2 Å². The van der Waals surface area contributed by atoms with E-state index in [4.69, 9.17) is 0 Å². The van der Waals surface area contributed by atoms with Gasteiger partial charge in [-0.15, -0.1) is 0 Å². The van der Waals surface area contributed by atoms with E-state index in [-0.39, 0.29) is 0 Å². The molecule has 0 amide bonds. The average Bonchev–Trinajstić information content (AvgIpc) is 3.37. The van der Waals surface area contributed by atoms with Crippen molar-refractivity contribution < 1.29 is 0 Å². The number of nitrogens with one attached hydrogen (secondary N) is 3. The van der Waals surface area contributed by atoms with Crippen molar-refractivity contribution in [3.8, 4) is 11.8 Å². The number of hydrogen-bond donors (Lipinski definition) is 3. The highest BCUT2D eigenvalue weighted by molar-refractivity contribution is 5.78. The quantitative estimate of drug-likeness (QED) is 0.293. The van der Waals surface area contributed by atoms with E-state index in [1.807, 2.05) is 48.5 Å². The molecule has 2 aromatic heterocycles. The lowest BCUT2D eigenvalue weighted by Crippen LogP contribution is -2.44. The Kier molecular flexibility index (Phi) is 6.58. The van der Waals surface area contributed by atoms with E-state index < -0.39 is 0 Å². The van der Waals surface area contributed by atoms with Crippen molar-refractivity contribution in [3.05, 3.63) is 96.3 Å². The first-order valence-electron chi connectivity index (χ1n) is 12.6. The number of H-pyrrole nitrogens is 1. The molecule has 38 heavy (non-hydrogen) atoms. The molecule has 1 aliphatic heterocycles. The van der Waals surface area contributed by atoms with Crippen molar-refractivity contribution >= 4 is 40.0 Å². The highest BCUT2D eigenvalue weighted by Crippen LogP contribution is 2.21. The van der Waals surface area contributed by atoms with Gasteiger partial charge in [0.25, 0.3) is 0 Å². The lowest BCUT2D eigenvalue weighted by molar-refractivity contribution is 0.313. The number of fused-ring (bicyclic) bond motifs is 1. The molecular weight excluding hydrogens is 472 g/mol. The molecule has 1 fully saturated rings. The van der Waals surface area contributed by atoms with Gasteiger partial charge in [0.15, 0.2) is 0 Å². The highest BCUT2D eigenvalue weighted by Gasteiger charge is 2.14. The van der Waals surface area contributed by atoms with Gasteiger partial charge in [0.2, 0.25) is 11.9 Å². The van der Waals surface area contributed by atoms with Gasteiger partial charge < -0.3 is 25.4 Å². The van der Waals surface area contributed by atoms with Crippen LogP contribution in [0, 0.1) is 11.8 Å². The molecule has 3 aromatic carbocycles. The number of piperazine rings is 1. The average molecular weight is 501 g/mol. The zero-order valence-electron chi connectivity index (χ0n) is 21.1. The number of nitrogens with zero attached hydrogens (tertiary/aromatic N) is 5. The topological polar surface area (TPSA) is 85.0 Å². The Hall–Kier alpha value is -4.87. The largest absolute Gasteiger partial charge is 0.369 e. The van der Waals surface area contributed by atoms with Gasteiger partial charge in [-0.05, 0) is 67.7 Å². The minimum absolute atomic E-state index is 0.545. The number of anilines is 5. The normalized spacial score (nSPS) is 13.7. The Morgan fingerprint density at radius 2 is 1.39 bits per heavy atom. The number of aromatic amines is 1. The van der Waals surface area contributed by atoms with Gasteiger partial charge in [-0.25, -0.2) is 15.0 Å². The molecule has 3 heterocycles. The molecule has 0 spiro atoms. The third kappa shape index (κ3) is 5.59. The van der Waals surface area contributed by atoms with Crippen LogP contribution in [0.3, 0.4) is 0 Å². The minimum atomic E-state index is 0.545. The van der Waals surface area contributed by atoms with Crippen LogP contribution in [-0.2, 0) is 0 Å². The molecule has 188 valence electrons. The molecule has 0 bridgehead atoms. The molecule has 6 rings (SSSR count). The third-order valence-electron chi connectivity index (χ3n) is 6.53. The van der Waals surface area contributed by atoms with Gasteiger partial charge >= 0.3 is 0 Å². The maximum absolute atomic E-state index is 4.55. The highest BCUT2D eigenvalue weighted by atomic mass is 15.2. The molecule has 5 aromatic rings. The van der Waals surface area contributed by atoms with E-state index in [9.17, 15) is 0 Å². The maximum atomic E-state index is 4.55. The van der Waals surface area contributed by atoms with Gasteiger partial charge in [0.05, 0.1) is 16.6 Å². The summed E-state index contributed by atoms with van der Waals surface area (Å²) in [5.74, 6) is 7.56. The van der Waals surface area contributed by atoms with Crippen LogP contribution < -0.4 is 15.5 Å². The molecule has 1 aliphatic rings. The van der Waals surface area contributed by atoms with Crippen molar-refractivity contribution in [1.82, 2.24) is 24.8 Å². The predicted octanol–water partition coefficient (Wildman–Crippen LogP) is 4.99. The minimum Gasteiger partial charge on any atom is -0.369 e. The predicted molar refractivity (Wildman–Crippen MR) is 153 cm³/mol. The van der Waals surface area contributed by atoms with E-state index in [1.54, 1.807) is 12.4 Å². The fourth-order valence-electron chi connectivity index (χ4n) is 4.34. The summed E-state index contributed by atoms with van der Waals surface area (Å²) in [6.07, 6.45) is 3.47. The Morgan fingerprint density at radius 3 is 2.13 bits per heavy atom. The summed E-state index contributed by atoms with van der Waals surface area (Å²) in [7, 11) is 2.17. The molecule has 8 nitrogen and oxygen atoms in total. The second kappa shape index (κ2) is 10.6. The van der Waals surface area contributed by atoms with Gasteiger partial charge in [0, 0.05) is 61.2 Å². The first-order chi connectivity index (χ1) is 18.7. The maximum Gasteiger partial charge on any atom is 0.227 e. The van der Waals surface area contributed by atoms with Crippen LogP contribution in [0.5, 0.6) is 0 Å². The Morgan fingerprint density at radius 1 is 0.737 bits per heavy atom. The summed E-state index contributed by atoms with van der Waals surface area (Å²) in [6, 6.07) is 24.3. The Balaban J connectivity index is 1.04. The van der Waals surface area contributed by atoms with Gasteiger partial charge in [0.1, 0.15) is 0 Å².